The zero-order chi connectivity index (χ0) is 28.6. The van der Waals surface area contributed by atoms with E-state index < -0.39 is 33.6 Å². The standard InChI is InChI=1S/C26H33Cl2F2N3O4S/c1-5-24(26(35)31-15-17(2)3)32(16-19-20(27)8-6-9-21(19)28)25(34)10-7-13-33(38(4,36)37)18-11-12-22(29)23(30)14-18/h6,8-9,11-12,14,17,24H,5,7,10,13,15-16H2,1-4H3,(H,31,35). The first-order chi connectivity index (χ1) is 17.8. The summed E-state index contributed by atoms with van der Waals surface area (Å²) in [5, 5.41) is 3.54. The maximum Gasteiger partial charge on any atom is 0.242 e. The van der Waals surface area contributed by atoms with Crippen LogP contribution in [-0.2, 0) is 26.2 Å². The fourth-order valence-corrected chi connectivity index (χ4v) is 5.31. The Hall–Kier alpha value is -2.43. The maximum atomic E-state index is 13.8. The van der Waals surface area contributed by atoms with Gasteiger partial charge in [0.15, 0.2) is 11.6 Å². The number of nitrogens with zero attached hydrogens (tertiary/aromatic N) is 2. The highest BCUT2D eigenvalue weighted by atomic mass is 35.5. The van der Waals surface area contributed by atoms with Crippen LogP contribution in [0.1, 0.15) is 45.6 Å². The van der Waals surface area contributed by atoms with Gasteiger partial charge in [0.2, 0.25) is 21.8 Å². The summed E-state index contributed by atoms with van der Waals surface area (Å²) in [6.07, 6.45) is 1.20. The van der Waals surface area contributed by atoms with Crippen LogP contribution in [0.2, 0.25) is 10.0 Å². The minimum Gasteiger partial charge on any atom is -0.354 e. The second kappa shape index (κ2) is 14.1. The smallest absolute Gasteiger partial charge is 0.242 e. The molecule has 1 N–H and O–H groups in total. The molecule has 0 heterocycles. The molecule has 12 heteroatoms. The number of carbonyl (C=O) groups is 2. The summed E-state index contributed by atoms with van der Waals surface area (Å²) in [5.41, 5.74) is 0.428. The van der Waals surface area contributed by atoms with Crippen LogP contribution in [-0.4, -0.2) is 50.5 Å². The average molecular weight is 593 g/mol. The number of carbonyl (C=O) groups excluding carboxylic acids is 2. The number of nitrogens with one attached hydrogen (secondary N) is 1. The first-order valence-electron chi connectivity index (χ1n) is 12.2. The number of sulfonamides is 1. The monoisotopic (exact) mass is 591 g/mol. The van der Waals surface area contributed by atoms with E-state index in [1.807, 2.05) is 13.8 Å². The molecule has 0 saturated carbocycles. The Bertz CT molecular complexity index is 1220. The van der Waals surface area contributed by atoms with Gasteiger partial charge in [-0.1, -0.05) is 50.0 Å². The molecule has 38 heavy (non-hydrogen) atoms. The number of rotatable bonds is 13. The Kier molecular flexibility index (Phi) is 11.8. The molecule has 1 unspecified atom stereocenters. The van der Waals surface area contributed by atoms with Crippen LogP contribution in [0.5, 0.6) is 0 Å². The van der Waals surface area contributed by atoms with Crippen LogP contribution >= 0.6 is 23.2 Å². The van der Waals surface area contributed by atoms with Gasteiger partial charge in [0.05, 0.1) is 11.9 Å². The summed E-state index contributed by atoms with van der Waals surface area (Å²) in [6.45, 7) is 5.93. The third-order valence-electron chi connectivity index (χ3n) is 5.80. The second-order valence-electron chi connectivity index (χ2n) is 9.32. The van der Waals surface area contributed by atoms with Gasteiger partial charge < -0.3 is 10.2 Å². The van der Waals surface area contributed by atoms with Crippen molar-refractivity contribution in [3.8, 4) is 0 Å². The van der Waals surface area contributed by atoms with Crippen molar-refractivity contribution in [2.45, 2.75) is 52.6 Å². The molecule has 0 bridgehead atoms. The summed E-state index contributed by atoms with van der Waals surface area (Å²) >= 11 is 12.7. The fourth-order valence-electron chi connectivity index (χ4n) is 3.84. The maximum absolute atomic E-state index is 13.8. The molecular weight excluding hydrogens is 559 g/mol. The van der Waals surface area contributed by atoms with Crippen molar-refractivity contribution in [1.29, 1.82) is 0 Å². The van der Waals surface area contributed by atoms with E-state index in [2.05, 4.69) is 5.32 Å². The number of benzene rings is 2. The number of anilines is 1. The van der Waals surface area contributed by atoms with Crippen molar-refractivity contribution >= 4 is 50.7 Å². The van der Waals surface area contributed by atoms with Gasteiger partial charge in [-0.2, -0.15) is 0 Å². The molecule has 210 valence electrons. The topological polar surface area (TPSA) is 86.8 Å². The number of halogens is 4. The third kappa shape index (κ3) is 8.81. The SMILES string of the molecule is CCC(C(=O)NCC(C)C)N(Cc1c(Cl)cccc1Cl)C(=O)CCCN(c1ccc(F)c(F)c1)S(C)(=O)=O. The number of hydrogen-bond donors (Lipinski definition) is 1. The Morgan fingerprint density at radius 2 is 1.68 bits per heavy atom. The minimum absolute atomic E-state index is 0.0239. The molecule has 0 aromatic heterocycles. The van der Waals surface area contributed by atoms with Crippen molar-refractivity contribution in [2.24, 2.45) is 5.92 Å². The molecule has 0 aliphatic rings. The first kappa shape index (κ1) is 31.8. The lowest BCUT2D eigenvalue weighted by Gasteiger charge is -2.32. The lowest BCUT2D eigenvalue weighted by molar-refractivity contribution is -0.141. The van der Waals surface area contributed by atoms with E-state index in [1.165, 1.54) is 4.90 Å². The van der Waals surface area contributed by atoms with E-state index in [4.69, 9.17) is 23.2 Å². The molecule has 7 nitrogen and oxygen atoms in total. The fraction of sp³-hybridized carbons (Fsp3) is 0.462. The molecule has 2 aromatic carbocycles. The van der Waals surface area contributed by atoms with Crippen molar-refractivity contribution < 1.29 is 26.8 Å². The van der Waals surface area contributed by atoms with Crippen LogP contribution in [0.15, 0.2) is 36.4 Å². The molecule has 0 saturated heterocycles. The Morgan fingerprint density at radius 3 is 2.21 bits per heavy atom. The average Bonchev–Trinajstić information content (AvgIpc) is 2.83. The molecule has 0 spiro atoms. The summed E-state index contributed by atoms with van der Waals surface area (Å²) in [7, 11) is -3.86. The van der Waals surface area contributed by atoms with Crippen LogP contribution in [0.3, 0.4) is 0 Å². The lowest BCUT2D eigenvalue weighted by atomic mass is 10.1. The highest BCUT2D eigenvalue weighted by molar-refractivity contribution is 7.92. The normalized spacial score (nSPS) is 12.3. The van der Waals surface area contributed by atoms with Gasteiger partial charge in [0.25, 0.3) is 0 Å². The number of amides is 2. The zero-order valence-electron chi connectivity index (χ0n) is 21.8. The molecular formula is C26H33Cl2F2N3O4S. The summed E-state index contributed by atoms with van der Waals surface area (Å²) < 4.78 is 52.7. The summed E-state index contributed by atoms with van der Waals surface area (Å²) in [6, 6.07) is 6.91. The molecule has 0 fully saturated rings. The van der Waals surface area contributed by atoms with Gasteiger partial charge in [-0.3, -0.25) is 13.9 Å². The van der Waals surface area contributed by atoms with Gasteiger partial charge in [-0.15, -0.1) is 0 Å². The van der Waals surface area contributed by atoms with E-state index in [-0.39, 0.29) is 43.4 Å². The van der Waals surface area contributed by atoms with E-state index in [0.29, 0.717) is 28.6 Å². The van der Waals surface area contributed by atoms with Crippen LogP contribution in [0, 0.1) is 17.6 Å². The second-order valence-corrected chi connectivity index (χ2v) is 12.0. The molecule has 0 radical (unpaired) electrons. The van der Waals surface area contributed by atoms with Crippen molar-refractivity contribution in [2.75, 3.05) is 23.7 Å². The van der Waals surface area contributed by atoms with Gasteiger partial charge in [-0.25, -0.2) is 17.2 Å². The van der Waals surface area contributed by atoms with Crippen molar-refractivity contribution in [3.63, 3.8) is 0 Å². The van der Waals surface area contributed by atoms with Gasteiger partial charge in [-0.05, 0) is 43.0 Å². The molecule has 1 atom stereocenters. The first-order valence-corrected chi connectivity index (χ1v) is 14.8. The van der Waals surface area contributed by atoms with Crippen molar-refractivity contribution in [1.82, 2.24) is 10.2 Å². The lowest BCUT2D eigenvalue weighted by Crippen LogP contribution is -2.49. The van der Waals surface area contributed by atoms with E-state index in [0.717, 1.165) is 28.8 Å². The van der Waals surface area contributed by atoms with E-state index in [9.17, 15) is 26.8 Å². The zero-order valence-corrected chi connectivity index (χ0v) is 24.1. The largest absolute Gasteiger partial charge is 0.354 e. The van der Waals surface area contributed by atoms with Crippen LogP contribution < -0.4 is 9.62 Å². The highest BCUT2D eigenvalue weighted by Crippen LogP contribution is 2.28. The molecule has 2 aromatic rings. The van der Waals surface area contributed by atoms with Crippen molar-refractivity contribution in [3.05, 3.63) is 63.6 Å². The summed E-state index contributed by atoms with van der Waals surface area (Å²) in [4.78, 5) is 27.9. The molecule has 0 aliphatic heterocycles. The predicted octanol–water partition coefficient (Wildman–Crippen LogP) is 5.40. The third-order valence-corrected chi connectivity index (χ3v) is 7.71. The van der Waals surface area contributed by atoms with Gasteiger partial charge in [0, 0.05) is 47.7 Å². The van der Waals surface area contributed by atoms with Crippen LogP contribution in [0.4, 0.5) is 14.5 Å². The predicted molar refractivity (Wildman–Crippen MR) is 147 cm³/mol. The summed E-state index contributed by atoms with van der Waals surface area (Å²) in [5.74, 6) is -2.82. The van der Waals surface area contributed by atoms with Crippen LogP contribution in [0.25, 0.3) is 0 Å². The number of hydrogen-bond acceptors (Lipinski definition) is 4. The molecule has 2 rings (SSSR count). The Morgan fingerprint density at radius 1 is 1.05 bits per heavy atom. The van der Waals surface area contributed by atoms with Gasteiger partial charge in [0.1, 0.15) is 6.04 Å². The minimum atomic E-state index is -3.86. The van der Waals surface area contributed by atoms with Gasteiger partial charge >= 0.3 is 0 Å². The van der Waals surface area contributed by atoms with E-state index in [1.54, 1.807) is 25.1 Å². The Labute approximate surface area is 233 Å². The van der Waals surface area contributed by atoms with E-state index >= 15 is 0 Å². The molecule has 0 aliphatic carbocycles. The molecule has 2 amide bonds. The Balaban J connectivity index is 2.28. The quantitative estimate of drug-likeness (QED) is 0.338. The highest BCUT2D eigenvalue weighted by Gasteiger charge is 2.30.